The van der Waals surface area contributed by atoms with Crippen molar-refractivity contribution < 1.29 is 0 Å². The Hall–Kier alpha value is -1.82. The summed E-state index contributed by atoms with van der Waals surface area (Å²) in [6.07, 6.45) is 5.57. The Morgan fingerprint density at radius 3 is 2.62 bits per heavy atom. The fourth-order valence-electron chi connectivity index (χ4n) is 2.40. The smallest absolute Gasteiger partial charge is 0.00878 e. The zero-order chi connectivity index (χ0) is 11.0. The van der Waals surface area contributed by atoms with E-state index >= 15 is 0 Å². The predicted octanol–water partition coefficient (Wildman–Crippen LogP) is 4.23. The quantitative estimate of drug-likeness (QED) is 0.655. The Morgan fingerprint density at radius 2 is 1.81 bits per heavy atom. The molecule has 0 heterocycles. The zero-order valence-electron chi connectivity index (χ0n) is 9.40. The van der Waals surface area contributed by atoms with Crippen molar-refractivity contribution in [3.8, 4) is 11.1 Å². The monoisotopic (exact) mass is 206 g/mol. The van der Waals surface area contributed by atoms with Crippen LogP contribution in [-0.2, 0) is 6.42 Å². The van der Waals surface area contributed by atoms with Crippen molar-refractivity contribution in [3.05, 3.63) is 65.2 Å². The summed E-state index contributed by atoms with van der Waals surface area (Å²) in [5, 5.41) is 0. The number of fused-ring (bicyclic) bond motifs is 1. The maximum atomic E-state index is 2.29. The Kier molecular flexibility index (Phi) is 2.14. The van der Waals surface area contributed by atoms with E-state index in [0.29, 0.717) is 0 Å². The highest BCUT2D eigenvalue weighted by atomic mass is 14.2. The zero-order valence-corrected chi connectivity index (χ0v) is 9.40. The number of benzene rings is 2. The van der Waals surface area contributed by atoms with Crippen molar-refractivity contribution in [1.82, 2.24) is 0 Å². The summed E-state index contributed by atoms with van der Waals surface area (Å²) in [7, 11) is 0. The first-order valence-corrected chi connectivity index (χ1v) is 5.70. The van der Waals surface area contributed by atoms with Gasteiger partial charge in [-0.3, -0.25) is 0 Å². The molecule has 0 radical (unpaired) electrons. The first kappa shape index (κ1) is 9.41. The molecule has 0 saturated heterocycles. The highest BCUT2D eigenvalue weighted by Gasteiger charge is 2.11. The van der Waals surface area contributed by atoms with Gasteiger partial charge in [0.15, 0.2) is 0 Å². The molecule has 0 aromatic heterocycles. The third kappa shape index (κ3) is 1.47. The molecule has 0 unspecified atom stereocenters. The van der Waals surface area contributed by atoms with Gasteiger partial charge in [0.2, 0.25) is 0 Å². The molecule has 16 heavy (non-hydrogen) atoms. The van der Waals surface area contributed by atoms with E-state index in [0.717, 1.165) is 6.42 Å². The molecule has 0 atom stereocenters. The maximum absolute atomic E-state index is 2.29. The average Bonchev–Trinajstić information content (AvgIpc) is 2.77. The summed E-state index contributed by atoms with van der Waals surface area (Å²) in [6.45, 7) is 2.17. The molecule has 0 aliphatic heterocycles. The highest BCUT2D eigenvalue weighted by Crippen LogP contribution is 2.32. The number of rotatable bonds is 1. The van der Waals surface area contributed by atoms with Gasteiger partial charge in [-0.2, -0.15) is 0 Å². The number of aryl methyl sites for hydroxylation is 1. The molecule has 0 heteroatoms. The van der Waals surface area contributed by atoms with Crippen molar-refractivity contribution >= 4 is 6.08 Å². The minimum atomic E-state index is 1.08. The Morgan fingerprint density at radius 1 is 1.00 bits per heavy atom. The van der Waals surface area contributed by atoms with Gasteiger partial charge in [-0.15, -0.1) is 0 Å². The Balaban J connectivity index is 2.25. The molecular formula is C16H14. The lowest BCUT2D eigenvalue weighted by molar-refractivity contribution is 1.28. The minimum Gasteiger partial charge on any atom is -0.0795 e. The summed E-state index contributed by atoms with van der Waals surface area (Å²) in [6, 6.07) is 15.2. The molecule has 1 aliphatic carbocycles. The molecular weight excluding hydrogens is 192 g/mol. The van der Waals surface area contributed by atoms with Crippen LogP contribution in [-0.4, -0.2) is 0 Å². The molecule has 0 nitrogen and oxygen atoms in total. The summed E-state index contributed by atoms with van der Waals surface area (Å²) in [5.74, 6) is 0. The van der Waals surface area contributed by atoms with Gasteiger partial charge in [0.05, 0.1) is 0 Å². The molecule has 0 bridgehead atoms. The fourth-order valence-corrected chi connectivity index (χ4v) is 2.40. The molecule has 1 aliphatic rings. The van der Waals surface area contributed by atoms with Crippen LogP contribution in [0.2, 0.25) is 0 Å². The summed E-state index contributed by atoms with van der Waals surface area (Å²) >= 11 is 0. The Bertz CT molecular complexity index is 548. The third-order valence-electron chi connectivity index (χ3n) is 3.12. The lowest BCUT2D eigenvalue weighted by atomic mass is 9.95. The van der Waals surface area contributed by atoms with Crippen LogP contribution in [0.3, 0.4) is 0 Å². The van der Waals surface area contributed by atoms with Crippen molar-refractivity contribution in [1.29, 1.82) is 0 Å². The number of hydrogen-bond donors (Lipinski definition) is 0. The molecule has 0 saturated carbocycles. The molecule has 3 rings (SSSR count). The van der Waals surface area contributed by atoms with Gasteiger partial charge in [-0.05, 0) is 35.6 Å². The SMILES string of the molecule is Cc1cc2c(c(-c3ccccc3)c1)C=CC2. The van der Waals surface area contributed by atoms with Crippen molar-refractivity contribution in [3.63, 3.8) is 0 Å². The van der Waals surface area contributed by atoms with E-state index in [4.69, 9.17) is 0 Å². The van der Waals surface area contributed by atoms with Gasteiger partial charge >= 0.3 is 0 Å². The minimum absolute atomic E-state index is 1.08. The molecule has 0 fully saturated rings. The van der Waals surface area contributed by atoms with Crippen LogP contribution in [0.15, 0.2) is 48.5 Å². The van der Waals surface area contributed by atoms with Crippen molar-refractivity contribution in [2.75, 3.05) is 0 Å². The second-order valence-electron chi connectivity index (χ2n) is 4.36. The van der Waals surface area contributed by atoms with Gasteiger partial charge in [-0.1, -0.05) is 60.2 Å². The van der Waals surface area contributed by atoms with Crippen LogP contribution >= 0.6 is 0 Å². The van der Waals surface area contributed by atoms with Gasteiger partial charge in [-0.25, -0.2) is 0 Å². The third-order valence-corrected chi connectivity index (χ3v) is 3.12. The van der Waals surface area contributed by atoms with Crippen LogP contribution in [0, 0.1) is 6.92 Å². The van der Waals surface area contributed by atoms with E-state index in [2.05, 4.69) is 61.5 Å². The predicted molar refractivity (Wildman–Crippen MR) is 69.4 cm³/mol. The molecule has 0 N–H and O–H groups in total. The van der Waals surface area contributed by atoms with Gasteiger partial charge in [0, 0.05) is 0 Å². The van der Waals surface area contributed by atoms with Crippen LogP contribution in [0.25, 0.3) is 17.2 Å². The second-order valence-corrected chi connectivity index (χ2v) is 4.36. The van der Waals surface area contributed by atoms with Gasteiger partial charge in [0.25, 0.3) is 0 Å². The van der Waals surface area contributed by atoms with Crippen molar-refractivity contribution in [2.24, 2.45) is 0 Å². The van der Waals surface area contributed by atoms with Gasteiger partial charge in [0.1, 0.15) is 0 Å². The summed E-state index contributed by atoms with van der Waals surface area (Å²) in [4.78, 5) is 0. The van der Waals surface area contributed by atoms with Crippen LogP contribution < -0.4 is 0 Å². The normalized spacial score (nSPS) is 12.8. The molecule has 2 aromatic carbocycles. The van der Waals surface area contributed by atoms with E-state index in [1.165, 1.54) is 27.8 Å². The number of hydrogen-bond acceptors (Lipinski definition) is 0. The van der Waals surface area contributed by atoms with Gasteiger partial charge < -0.3 is 0 Å². The summed E-state index contributed by atoms with van der Waals surface area (Å²) < 4.78 is 0. The van der Waals surface area contributed by atoms with Crippen LogP contribution in [0.1, 0.15) is 16.7 Å². The fraction of sp³-hybridized carbons (Fsp3) is 0.125. The standard InChI is InChI=1S/C16H14/c1-12-10-14-8-5-9-15(14)16(11-12)13-6-3-2-4-7-13/h2-7,9-11H,8H2,1H3. The van der Waals surface area contributed by atoms with Crippen LogP contribution in [0.4, 0.5) is 0 Å². The first-order valence-electron chi connectivity index (χ1n) is 5.70. The van der Waals surface area contributed by atoms with E-state index in [1.807, 2.05) is 0 Å². The molecule has 78 valence electrons. The topological polar surface area (TPSA) is 0 Å². The van der Waals surface area contributed by atoms with Crippen LogP contribution in [0.5, 0.6) is 0 Å². The summed E-state index contributed by atoms with van der Waals surface area (Å²) in [5.41, 5.74) is 6.88. The molecule has 2 aromatic rings. The van der Waals surface area contributed by atoms with E-state index < -0.39 is 0 Å². The second kappa shape index (κ2) is 3.64. The average molecular weight is 206 g/mol. The molecule has 0 amide bonds. The van der Waals surface area contributed by atoms with Crippen molar-refractivity contribution in [2.45, 2.75) is 13.3 Å². The molecule has 0 spiro atoms. The Labute approximate surface area is 96.3 Å². The van der Waals surface area contributed by atoms with E-state index in [1.54, 1.807) is 0 Å². The first-order chi connectivity index (χ1) is 7.84. The largest absolute Gasteiger partial charge is 0.0795 e. The lowest BCUT2D eigenvalue weighted by Gasteiger charge is -2.09. The highest BCUT2D eigenvalue weighted by molar-refractivity contribution is 5.80. The lowest BCUT2D eigenvalue weighted by Crippen LogP contribution is -1.89. The van der Waals surface area contributed by atoms with E-state index in [9.17, 15) is 0 Å². The number of allylic oxidation sites excluding steroid dienone is 1. The van der Waals surface area contributed by atoms with E-state index in [-0.39, 0.29) is 0 Å². The maximum Gasteiger partial charge on any atom is -0.00878 e.